The Morgan fingerprint density at radius 1 is 0.929 bits per heavy atom. The van der Waals surface area contributed by atoms with Gasteiger partial charge in [0, 0.05) is 0 Å². The molecule has 4 nitrogen and oxygen atoms in total. The zero-order valence-electron chi connectivity index (χ0n) is 15.8. The van der Waals surface area contributed by atoms with E-state index in [9.17, 15) is 4.79 Å². The molecule has 4 aromatic rings. The number of carbonyl (C=O) groups is 1. The van der Waals surface area contributed by atoms with Crippen LogP contribution in [0.5, 0.6) is 0 Å². The van der Waals surface area contributed by atoms with Crippen molar-refractivity contribution >= 4 is 32.7 Å². The zero-order chi connectivity index (χ0) is 19.5. The molecule has 0 radical (unpaired) electrons. The summed E-state index contributed by atoms with van der Waals surface area (Å²) in [7, 11) is 0. The minimum absolute atomic E-state index is 0.235. The van der Waals surface area contributed by atoms with Gasteiger partial charge in [0.05, 0.1) is 16.3 Å². The van der Waals surface area contributed by atoms with Crippen LogP contribution in [0.4, 0.5) is 9.93 Å². The van der Waals surface area contributed by atoms with Crippen LogP contribution >= 0.6 is 11.3 Å². The van der Waals surface area contributed by atoms with Crippen molar-refractivity contribution in [2.75, 3.05) is 5.32 Å². The first kappa shape index (κ1) is 18.2. The lowest BCUT2D eigenvalue weighted by Crippen LogP contribution is -2.33. The van der Waals surface area contributed by atoms with Crippen molar-refractivity contribution in [1.29, 1.82) is 0 Å². The molecule has 0 saturated heterocycles. The molecule has 4 rings (SSSR count). The van der Waals surface area contributed by atoms with E-state index in [0.29, 0.717) is 5.13 Å². The van der Waals surface area contributed by atoms with Gasteiger partial charge in [-0.2, -0.15) is 0 Å². The van der Waals surface area contributed by atoms with Gasteiger partial charge in [0.2, 0.25) is 0 Å². The number of benzene rings is 3. The van der Waals surface area contributed by atoms with Gasteiger partial charge in [0.1, 0.15) is 0 Å². The topological polar surface area (TPSA) is 54.0 Å². The number of aromatic nitrogens is 1. The summed E-state index contributed by atoms with van der Waals surface area (Å²) < 4.78 is 1.10. The summed E-state index contributed by atoms with van der Waals surface area (Å²) in [6.45, 7) is 4.12. The largest absolute Gasteiger partial charge is 0.327 e. The van der Waals surface area contributed by atoms with Crippen LogP contribution in [0.3, 0.4) is 0 Å². The third kappa shape index (κ3) is 3.89. The summed E-state index contributed by atoms with van der Waals surface area (Å²) >= 11 is 1.50. The molecule has 1 aromatic heterocycles. The molecule has 0 atom stereocenters. The van der Waals surface area contributed by atoms with E-state index in [4.69, 9.17) is 0 Å². The van der Waals surface area contributed by atoms with Crippen molar-refractivity contribution in [3.8, 4) is 0 Å². The molecular weight excluding hydrogens is 366 g/mol. The number of amides is 2. The Hall–Kier alpha value is -3.18. The molecule has 3 aromatic carbocycles. The van der Waals surface area contributed by atoms with E-state index in [1.54, 1.807) is 0 Å². The molecule has 0 aliphatic heterocycles. The van der Waals surface area contributed by atoms with Gasteiger partial charge >= 0.3 is 6.03 Å². The summed E-state index contributed by atoms with van der Waals surface area (Å²) in [6.07, 6.45) is 0. The highest BCUT2D eigenvalue weighted by Gasteiger charge is 2.17. The van der Waals surface area contributed by atoms with Crippen molar-refractivity contribution in [1.82, 2.24) is 10.3 Å². The second-order valence-electron chi connectivity index (χ2n) is 6.80. The normalized spacial score (nSPS) is 11.0. The highest BCUT2D eigenvalue weighted by atomic mass is 32.1. The smallest absolute Gasteiger partial charge is 0.321 e. The van der Waals surface area contributed by atoms with Crippen LogP contribution in [-0.4, -0.2) is 11.0 Å². The lowest BCUT2D eigenvalue weighted by atomic mass is 9.99. The van der Waals surface area contributed by atoms with Crippen LogP contribution in [0.25, 0.3) is 10.2 Å². The van der Waals surface area contributed by atoms with Crippen LogP contribution in [0.1, 0.15) is 28.3 Å². The van der Waals surface area contributed by atoms with Crippen molar-refractivity contribution in [3.63, 3.8) is 0 Å². The Labute approximate surface area is 168 Å². The lowest BCUT2D eigenvalue weighted by molar-refractivity contribution is 0.250. The van der Waals surface area contributed by atoms with Crippen molar-refractivity contribution < 1.29 is 4.79 Å². The molecule has 140 valence electrons. The van der Waals surface area contributed by atoms with E-state index in [1.165, 1.54) is 22.5 Å². The highest BCUT2D eigenvalue weighted by Crippen LogP contribution is 2.30. The van der Waals surface area contributed by atoms with Gasteiger partial charge in [-0.1, -0.05) is 78.1 Å². The Balaban J connectivity index is 1.58. The van der Waals surface area contributed by atoms with Gasteiger partial charge in [0.15, 0.2) is 5.13 Å². The SMILES string of the molecule is Cc1cc(C)c2sc(NC(=O)NC(c3ccccc3)c3ccccc3)nc2c1. The summed E-state index contributed by atoms with van der Waals surface area (Å²) in [6, 6.07) is 23.6. The zero-order valence-corrected chi connectivity index (χ0v) is 16.6. The number of thiazole rings is 1. The quantitative estimate of drug-likeness (QED) is 0.463. The number of urea groups is 1. The van der Waals surface area contributed by atoms with E-state index in [2.05, 4.69) is 35.5 Å². The van der Waals surface area contributed by atoms with E-state index in [1.807, 2.05) is 66.7 Å². The summed E-state index contributed by atoms with van der Waals surface area (Å²) in [5.74, 6) is 0. The predicted octanol–water partition coefficient (Wildman–Crippen LogP) is 5.82. The fraction of sp³-hybridized carbons (Fsp3) is 0.130. The van der Waals surface area contributed by atoms with Crippen molar-refractivity contribution in [2.24, 2.45) is 0 Å². The standard InChI is InChI=1S/C23H21N3OS/c1-15-13-16(2)21-19(14-15)24-23(28-21)26-22(27)25-20(17-9-5-3-6-10-17)18-11-7-4-8-12-18/h3-14,20H,1-2H3,(H2,24,25,26,27). The van der Waals surface area contributed by atoms with Gasteiger partial charge < -0.3 is 5.32 Å². The Morgan fingerprint density at radius 3 is 2.14 bits per heavy atom. The second-order valence-corrected chi connectivity index (χ2v) is 7.80. The molecule has 1 heterocycles. The maximum atomic E-state index is 12.7. The van der Waals surface area contributed by atoms with Gasteiger partial charge in [0.25, 0.3) is 0 Å². The summed E-state index contributed by atoms with van der Waals surface area (Å²) in [5, 5.41) is 6.59. The molecule has 2 amide bonds. The average molecular weight is 388 g/mol. The van der Waals surface area contributed by atoms with Crippen LogP contribution in [0.15, 0.2) is 72.8 Å². The maximum absolute atomic E-state index is 12.7. The number of nitrogens with zero attached hydrogens (tertiary/aromatic N) is 1. The number of anilines is 1. The first-order valence-corrected chi connectivity index (χ1v) is 9.97. The van der Waals surface area contributed by atoms with E-state index >= 15 is 0 Å². The molecule has 0 aliphatic rings. The number of nitrogens with one attached hydrogen (secondary N) is 2. The number of hydrogen-bond acceptors (Lipinski definition) is 3. The monoisotopic (exact) mass is 387 g/mol. The third-order valence-corrected chi connectivity index (χ3v) is 5.70. The van der Waals surface area contributed by atoms with E-state index < -0.39 is 0 Å². The Bertz CT molecular complexity index is 1070. The fourth-order valence-corrected chi connectivity index (χ4v) is 4.25. The lowest BCUT2D eigenvalue weighted by Gasteiger charge is -2.19. The molecule has 0 saturated carbocycles. The summed E-state index contributed by atoms with van der Waals surface area (Å²) in [5.41, 5.74) is 5.31. The molecule has 0 unspecified atom stereocenters. The molecule has 0 aliphatic carbocycles. The molecule has 0 bridgehead atoms. The molecule has 28 heavy (non-hydrogen) atoms. The Kier molecular flexibility index (Phi) is 5.08. The van der Waals surface area contributed by atoms with E-state index in [-0.39, 0.29) is 12.1 Å². The maximum Gasteiger partial charge on any atom is 0.321 e. The molecular formula is C23H21N3OS. The minimum Gasteiger partial charge on any atom is -0.327 e. The predicted molar refractivity (Wildman–Crippen MR) is 116 cm³/mol. The number of rotatable bonds is 4. The number of fused-ring (bicyclic) bond motifs is 1. The highest BCUT2D eigenvalue weighted by molar-refractivity contribution is 7.22. The first-order chi connectivity index (χ1) is 13.6. The van der Waals surface area contributed by atoms with Crippen LogP contribution in [-0.2, 0) is 0 Å². The van der Waals surface area contributed by atoms with Gasteiger partial charge in [-0.25, -0.2) is 9.78 Å². The number of hydrogen-bond donors (Lipinski definition) is 2. The van der Waals surface area contributed by atoms with Gasteiger partial charge in [-0.05, 0) is 42.2 Å². The molecule has 2 N–H and O–H groups in total. The molecule has 0 spiro atoms. The minimum atomic E-state index is -0.272. The number of aryl methyl sites for hydroxylation is 2. The molecule has 5 heteroatoms. The fourth-order valence-electron chi connectivity index (χ4n) is 3.34. The van der Waals surface area contributed by atoms with Gasteiger partial charge in [-0.15, -0.1) is 0 Å². The average Bonchev–Trinajstić information content (AvgIpc) is 3.10. The number of carbonyl (C=O) groups excluding carboxylic acids is 1. The first-order valence-electron chi connectivity index (χ1n) is 9.15. The van der Waals surface area contributed by atoms with Crippen molar-refractivity contribution in [2.45, 2.75) is 19.9 Å². The van der Waals surface area contributed by atoms with E-state index in [0.717, 1.165) is 21.3 Å². The third-order valence-electron chi connectivity index (χ3n) is 4.58. The van der Waals surface area contributed by atoms with Crippen LogP contribution in [0, 0.1) is 13.8 Å². The van der Waals surface area contributed by atoms with Crippen LogP contribution < -0.4 is 10.6 Å². The second kappa shape index (κ2) is 7.82. The summed E-state index contributed by atoms with van der Waals surface area (Å²) in [4.78, 5) is 17.3. The van der Waals surface area contributed by atoms with Crippen LogP contribution in [0.2, 0.25) is 0 Å². The Morgan fingerprint density at radius 2 is 1.54 bits per heavy atom. The molecule has 0 fully saturated rings. The van der Waals surface area contributed by atoms with Gasteiger partial charge in [-0.3, -0.25) is 5.32 Å². The van der Waals surface area contributed by atoms with Crippen molar-refractivity contribution in [3.05, 3.63) is 95.1 Å².